The second kappa shape index (κ2) is 7.44. The molecule has 0 radical (unpaired) electrons. The fraction of sp³-hybridized carbons (Fsp3) is 0.235. The molecule has 1 amide bonds. The van der Waals surface area contributed by atoms with Crippen LogP contribution < -0.4 is 0 Å². The van der Waals surface area contributed by atoms with Gasteiger partial charge in [-0.15, -0.1) is 11.3 Å². The van der Waals surface area contributed by atoms with Crippen LogP contribution in [0.2, 0.25) is 0 Å². The Morgan fingerprint density at radius 1 is 1.35 bits per heavy atom. The first-order valence-corrected chi connectivity index (χ1v) is 8.79. The van der Waals surface area contributed by atoms with E-state index in [4.69, 9.17) is 4.52 Å². The molecule has 0 aliphatic carbocycles. The number of benzene rings is 1. The average molecular weight is 372 g/mol. The third-order valence-corrected chi connectivity index (χ3v) is 4.80. The van der Waals surface area contributed by atoms with Gasteiger partial charge in [0.1, 0.15) is 6.54 Å². The van der Waals surface area contributed by atoms with Gasteiger partial charge in [-0.1, -0.05) is 17.3 Å². The first-order valence-electron chi connectivity index (χ1n) is 7.91. The molecule has 2 heterocycles. The van der Waals surface area contributed by atoms with Crippen LogP contribution >= 0.6 is 11.3 Å². The van der Waals surface area contributed by atoms with E-state index in [1.165, 1.54) is 28.4 Å². The summed E-state index contributed by atoms with van der Waals surface area (Å²) in [6.45, 7) is 3.93. The summed E-state index contributed by atoms with van der Waals surface area (Å²) in [6, 6.07) is 8.25. The topological polar surface area (TPSA) is 102 Å². The van der Waals surface area contributed by atoms with E-state index in [0.717, 1.165) is 4.88 Å². The van der Waals surface area contributed by atoms with E-state index in [-0.39, 0.29) is 18.1 Å². The molecule has 3 aromatic rings. The summed E-state index contributed by atoms with van der Waals surface area (Å²) in [5.74, 6) is 0.473. The third kappa shape index (κ3) is 3.47. The maximum atomic E-state index is 12.8. The maximum Gasteiger partial charge on any atom is 0.273 e. The number of aromatic nitrogens is 2. The lowest BCUT2D eigenvalue weighted by Crippen LogP contribution is -2.31. The van der Waals surface area contributed by atoms with E-state index >= 15 is 0 Å². The Morgan fingerprint density at radius 3 is 2.81 bits per heavy atom. The number of hydrogen-bond acceptors (Lipinski definition) is 7. The highest BCUT2D eigenvalue weighted by Gasteiger charge is 2.23. The van der Waals surface area contributed by atoms with Gasteiger partial charge in [0.2, 0.25) is 11.7 Å². The Balaban J connectivity index is 1.82. The first kappa shape index (κ1) is 17.7. The second-order valence-electron chi connectivity index (χ2n) is 5.52. The van der Waals surface area contributed by atoms with Crippen molar-refractivity contribution in [3.63, 3.8) is 0 Å². The zero-order chi connectivity index (χ0) is 18.7. The number of nitro benzene ring substituents is 1. The Hall–Kier alpha value is -3.07. The number of thiophene rings is 1. The van der Waals surface area contributed by atoms with Gasteiger partial charge in [0.05, 0.1) is 9.80 Å². The predicted octanol–water partition coefficient (Wildman–Crippen LogP) is 3.68. The summed E-state index contributed by atoms with van der Waals surface area (Å²) in [5.41, 5.74) is 0.550. The number of nitrogens with zero attached hydrogens (tertiary/aromatic N) is 4. The van der Waals surface area contributed by atoms with Crippen LogP contribution in [0.3, 0.4) is 0 Å². The largest absolute Gasteiger partial charge is 0.337 e. The number of amides is 1. The smallest absolute Gasteiger partial charge is 0.273 e. The minimum absolute atomic E-state index is 0.0790. The van der Waals surface area contributed by atoms with Crippen LogP contribution in [0, 0.1) is 17.0 Å². The summed E-state index contributed by atoms with van der Waals surface area (Å²) in [4.78, 5) is 30.1. The molecular formula is C17H16N4O4S. The number of rotatable bonds is 6. The van der Waals surface area contributed by atoms with Gasteiger partial charge in [-0.3, -0.25) is 14.9 Å². The van der Waals surface area contributed by atoms with Crippen molar-refractivity contribution in [2.45, 2.75) is 20.4 Å². The van der Waals surface area contributed by atoms with Crippen molar-refractivity contribution in [3.05, 3.63) is 62.8 Å². The number of nitro groups is 1. The van der Waals surface area contributed by atoms with E-state index in [0.29, 0.717) is 29.4 Å². The summed E-state index contributed by atoms with van der Waals surface area (Å²) in [7, 11) is 0. The Bertz CT molecular complexity index is 936. The molecule has 3 rings (SSSR count). The van der Waals surface area contributed by atoms with Crippen LogP contribution in [0.1, 0.15) is 28.7 Å². The van der Waals surface area contributed by atoms with Crippen LogP contribution in [-0.4, -0.2) is 32.4 Å². The molecule has 0 unspecified atom stereocenters. The van der Waals surface area contributed by atoms with Crippen LogP contribution in [0.25, 0.3) is 10.7 Å². The van der Waals surface area contributed by atoms with Crippen LogP contribution in [0.4, 0.5) is 5.69 Å². The van der Waals surface area contributed by atoms with Crippen LogP contribution in [0.15, 0.2) is 40.2 Å². The molecule has 1 aromatic carbocycles. The minimum atomic E-state index is -0.492. The Morgan fingerprint density at radius 2 is 2.15 bits per heavy atom. The fourth-order valence-electron chi connectivity index (χ4n) is 2.54. The summed E-state index contributed by atoms with van der Waals surface area (Å²) < 4.78 is 5.24. The van der Waals surface area contributed by atoms with E-state index in [1.807, 2.05) is 24.4 Å². The molecule has 0 bridgehead atoms. The average Bonchev–Trinajstić information content (AvgIpc) is 3.30. The number of carbonyl (C=O) groups is 1. The lowest BCUT2D eigenvalue weighted by molar-refractivity contribution is -0.385. The molecule has 0 N–H and O–H groups in total. The number of hydrogen-bond donors (Lipinski definition) is 0. The van der Waals surface area contributed by atoms with Gasteiger partial charge in [-0.05, 0) is 31.4 Å². The molecule has 0 spiro atoms. The van der Waals surface area contributed by atoms with Gasteiger partial charge in [0.15, 0.2) is 0 Å². The van der Waals surface area contributed by atoms with Gasteiger partial charge >= 0.3 is 0 Å². The van der Waals surface area contributed by atoms with E-state index < -0.39 is 4.92 Å². The quantitative estimate of drug-likeness (QED) is 0.483. The van der Waals surface area contributed by atoms with Crippen LogP contribution in [0.5, 0.6) is 0 Å². The normalized spacial score (nSPS) is 10.7. The van der Waals surface area contributed by atoms with Crippen molar-refractivity contribution in [2.75, 3.05) is 6.54 Å². The predicted molar refractivity (Wildman–Crippen MR) is 95.9 cm³/mol. The summed E-state index contributed by atoms with van der Waals surface area (Å²) in [5, 5.41) is 16.9. The van der Waals surface area contributed by atoms with Crippen molar-refractivity contribution in [1.29, 1.82) is 0 Å². The molecule has 0 atom stereocenters. The van der Waals surface area contributed by atoms with Gasteiger partial charge < -0.3 is 9.42 Å². The first-order chi connectivity index (χ1) is 12.5. The van der Waals surface area contributed by atoms with Crippen molar-refractivity contribution >= 4 is 22.9 Å². The maximum absolute atomic E-state index is 12.8. The van der Waals surface area contributed by atoms with Gasteiger partial charge in [0, 0.05) is 23.7 Å². The van der Waals surface area contributed by atoms with Crippen molar-refractivity contribution in [2.24, 2.45) is 0 Å². The molecule has 2 aromatic heterocycles. The third-order valence-electron chi connectivity index (χ3n) is 3.94. The molecule has 9 heteroatoms. The van der Waals surface area contributed by atoms with E-state index in [2.05, 4.69) is 10.1 Å². The van der Waals surface area contributed by atoms with Gasteiger partial charge in [0.25, 0.3) is 11.6 Å². The monoisotopic (exact) mass is 372 g/mol. The molecule has 134 valence electrons. The van der Waals surface area contributed by atoms with E-state index in [9.17, 15) is 14.9 Å². The van der Waals surface area contributed by atoms with Crippen molar-refractivity contribution in [3.8, 4) is 10.7 Å². The van der Waals surface area contributed by atoms with Crippen LogP contribution in [-0.2, 0) is 6.54 Å². The zero-order valence-corrected chi connectivity index (χ0v) is 15.0. The Labute approximate surface area is 153 Å². The molecule has 8 nitrogen and oxygen atoms in total. The molecule has 0 aliphatic heterocycles. The molecule has 26 heavy (non-hydrogen) atoms. The fourth-order valence-corrected chi connectivity index (χ4v) is 3.19. The highest BCUT2D eigenvalue weighted by Crippen LogP contribution is 2.24. The van der Waals surface area contributed by atoms with Crippen molar-refractivity contribution < 1.29 is 14.2 Å². The lowest BCUT2D eigenvalue weighted by Gasteiger charge is -2.19. The molecule has 0 saturated heterocycles. The standard InChI is InChI=1S/C17H16N4O4S/c1-3-20(10-15-18-16(19-25-15)14-8-5-9-26-14)17(22)12-6-4-7-13(11(12)2)21(23)24/h4-9H,3,10H2,1-2H3. The SMILES string of the molecule is CCN(Cc1nc(-c2cccs2)no1)C(=O)c1cccc([N+](=O)[O-])c1C. The molecular weight excluding hydrogens is 356 g/mol. The highest BCUT2D eigenvalue weighted by atomic mass is 32.1. The zero-order valence-electron chi connectivity index (χ0n) is 14.2. The molecule has 0 saturated carbocycles. The number of carbonyl (C=O) groups excluding carboxylic acids is 1. The summed E-state index contributed by atoms with van der Waals surface area (Å²) >= 11 is 1.49. The lowest BCUT2D eigenvalue weighted by atomic mass is 10.1. The molecule has 0 aliphatic rings. The van der Waals surface area contributed by atoms with E-state index in [1.54, 1.807) is 13.0 Å². The Kier molecular flexibility index (Phi) is 5.08. The summed E-state index contributed by atoms with van der Waals surface area (Å²) in [6.07, 6.45) is 0. The highest BCUT2D eigenvalue weighted by molar-refractivity contribution is 7.13. The second-order valence-corrected chi connectivity index (χ2v) is 6.46. The van der Waals surface area contributed by atoms with Gasteiger partial charge in [-0.2, -0.15) is 4.98 Å². The molecule has 0 fully saturated rings. The van der Waals surface area contributed by atoms with Crippen molar-refractivity contribution in [1.82, 2.24) is 15.0 Å². The minimum Gasteiger partial charge on any atom is -0.337 e. The van der Waals surface area contributed by atoms with Gasteiger partial charge in [-0.25, -0.2) is 0 Å².